The average Bonchev–Trinajstić information content (AvgIpc) is 3.30. The Morgan fingerprint density at radius 1 is 1.43 bits per heavy atom. The number of furan rings is 1. The summed E-state index contributed by atoms with van der Waals surface area (Å²) in [6.07, 6.45) is 2.47. The van der Waals surface area contributed by atoms with Crippen molar-refractivity contribution >= 4 is 57.0 Å². The lowest BCUT2D eigenvalue weighted by Gasteiger charge is -2.28. The number of carboxylic acid groups (broad SMARTS) is 1. The highest BCUT2D eigenvalue weighted by Crippen LogP contribution is 2.44. The number of rotatable bonds is 4. The van der Waals surface area contributed by atoms with Crippen molar-refractivity contribution in [2.45, 2.75) is 24.9 Å². The molecule has 0 spiro atoms. The number of anilines is 1. The minimum Gasteiger partial charge on any atom is -0.483 e. The second-order valence-corrected chi connectivity index (χ2v) is 7.74. The zero-order valence-corrected chi connectivity index (χ0v) is 16.9. The predicted molar refractivity (Wildman–Crippen MR) is 108 cm³/mol. The normalized spacial score (nSPS) is 19.1. The first kappa shape index (κ1) is 20.8. The first-order valence-electron chi connectivity index (χ1n) is 8.38. The molecule has 4 rings (SSSR count). The first-order valence-corrected chi connectivity index (χ1v) is 9.95. The molecule has 1 aliphatic rings. The van der Waals surface area contributed by atoms with E-state index >= 15 is 0 Å². The Balaban J connectivity index is 0.000000706. The molecule has 3 aromatic heterocycles. The smallest absolute Gasteiger partial charge is 0.290 e. The fourth-order valence-electron chi connectivity index (χ4n) is 2.97. The summed E-state index contributed by atoms with van der Waals surface area (Å²) in [5, 5.41) is 10.9. The van der Waals surface area contributed by atoms with Crippen LogP contribution in [0.15, 0.2) is 22.8 Å². The van der Waals surface area contributed by atoms with Gasteiger partial charge in [0.25, 0.3) is 6.47 Å². The van der Waals surface area contributed by atoms with Gasteiger partial charge >= 0.3 is 0 Å². The van der Waals surface area contributed by atoms with Crippen LogP contribution in [0.25, 0.3) is 10.2 Å². The van der Waals surface area contributed by atoms with Gasteiger partial charge < -0.3 is 25.3 Å². The highest BCUT2D eigenvalue weighted by molar-refractivity contribution is 7.20. The molecule has 0 saturated carbocycles. The molecular formula is C17H18Cl2N4O4S. The van der Waals surface area contributed by atoms with E-state index in [4.69, 9.17) is 48.0 Å². The average molecular weight is 445 g/mol. The van der Waals surface area contributed by atoms with Crippen LogP contribution >= 0.6 is 34.5 Å². The topological polar surface area (TPSA) is 124 Å². The molecule has 0 unspecified atom stereocenters. The number of hydrogen-bond acceptors (Lipinski definition) is 8. The Kier molecular flexibility index (Phi) is 7.08. The Labute approximate surface area is 174 Å². The molecular weight excluding hydrogens is 427 g/mol. The van der Waals surface area contributed by atoms with Gasteiger partial charge in [-0.2, -0.15) is 4.98 Å². The first-order chi connectivity index (χ1) is 13.5. The van der Waals surface area contributed by atoms with E-state index in [2.05, 4.69) is 15.3 Å². The van der Waals surface area contributed by atoms with Crippen LogP contribution in [0.2, 0.25) is 10.3 Å². The molecule has 1 aliphatic heterocycles. The standard InChI is InChI=1S/C16H16Cl2N4O2S.CH2O2/c17-11-12-14(25-13(11)9-3-5-23-7-10(9)19)15(22-16(18)21-12)20-6-8-2-1-4-24-8;2-1-3/h1-2,4,9-10H,3,5-7,19H2,(H,20,21,22);1H,(H,2,3)/t9-,10-;/m1./s1. The largest absolute Gasteiger partial charge is 0.483 e. The number of aromatic nitrogens is 2. The number of ether oxygens (including phenoxy) is 1. The SMILES string of the molecule is N[C@@H]1COCC[C@H]1c1sc2c(NCc3ccco3)nc(Cl)nc2c1Cl.O=CO. The molecule has 2 atom stereocenters. The van der Waals surface area contributed by atoms with Crippen molar-refractivity contribution in [2.75, 3.05) is 18.5 Å². The monoisotopic (exact) mass is 444 g/mol. The second kappa shape index (κ2) is 9.53. The Morgan fingerprint density at radius 2 is 2.21 bits per heavy atom. The molecule has 1 saturated heterocycles. The van der Waals surface area contributed by atoms with Crippen molar-refractivity contribution in [1.82, 2.24) is 9.97 Å². The molecule has 4 N–H and O–H groups in total. The van der Waals surface area contributed by atoms with Crippen LogP contribution in [0.3, 0.4) is 0 Å². The molecule has 11 heteroatoms. The van der Waals surface area contributed by atoms with Gasteiger partial charge in [-0.25, -0.2) is 4.98 Å². The van der Waals surface area contributed by atoms with E-state index in [0.29, 0.717) is 36.1 Å². The lowest BCUT2D eigenvalue weighted by Crippen LogP contribution is -2.37. The molecule has 0 radical (unpaired) electrons. The quantitative estimate of drug-likeness (QED) is 0.410. The summed E-state index contributed by atoms with van der Waals surface area (Å²) in [5.41, 5.74) is 6.88. The maximum atomic E-state index is 8.36. The van der Waals surface area contributed by atoms with Gasteiger partial charge in [0.2, 0.25) is 5.28 Å². The summed E-state index contributed by atoms with van der Waals surface area (Å²) < 4.78 is 11.6. The number of nitrogens with one attached hydrogen (secondary N) is 1. The predicted octanol–water partition coefficient (Wildman–Crippen LogP) is 3.74. The van der Waals surface area contributed by atoms with Crippen molar-refractivity contribution < 1.29 is 19.1 Å². The van der Waals surface area contributed by atoms with Gasteiger partial charge in [0.05, 0.1) is 29.1 Å². The number of halogens is 2. The lowest BCUT2D eigenvalue weighted by atomic mass is 9.94. The van der Waals surface area contributed by atoms with Crippen LogP contribution in [-0.4, -0.2) is 40.8 Å². The van der Waals surface area contributed by atoms with Crippen LogP contribution in [0, 0.1) is 0 Å². The van der Waals surface area contributed by atoms with E-state index in [1.807, 2.05) is 12.1 Å². The summed E-state index contributed by atoms with van der Waals surface area (Å²) in [7, 11) is 0. The van der Waals surface area contributed by atoms with E-state index < -0.39 is 0 Å². The third kappa shape index (κ3) is 4.56. The van der Waals surface area contributed by atoms with Gasteiger partial charge in [0, 0.05) is 23.4 Å². The number of nitrogens with two attached hydrogens (primary N) is 1. The number of thiophene rings is 1. The number of carbonyl (C=O) groups is 1. The highest BCUT2D eigenvalue weighted by atomic mass is 35.5. The van der Waals surface area contributed by atoms with Crippen LogP contribution in [0.5, 0.6) is 0 Å². The molecule has 150 valence electrons. The highest BCUT2D eigenvalue weighted by Gasteiger charge is 2.29. The van der Waals surface area contributed by atoms with Gasteiger partial charge in [-0.15, -0.1) is 11.3 Å². The zero-order chi connectivity index (χ0) is 20.1. The van der Waals surface area contributed by atoms with Crippen molar-refractivity contribution in [3.63, 3.8) is 0 Å². The van der Waals surface area contributed by atoms with Gasteiger partial charge in [0.1, 0.15) is 17.1 Å². The molecule has 8 nitrogen and oxygen atoms in total. The van der Waals surface area contributed by atoms with Crippen molar-refractivity contribution in [2.24, 2.45) is 5.73 Å². The molecule has 0 amide bonds. The van der Waals surface area contributed by atoms with Gasteiger partial charge in [-0.05, 0) is 30.2 Å². The van der Waals surface area contributed by atoms with Crippen molar-refractivity contribution in [3.05, 3.63) is 39.3 Å². The molecule has 1 fully saturated rings. The van der Waals surface area contributed by atoms with E-state index in [-0.39, 0.29) is 23.7 Å². The maximum Gasteiger partial charge on any atom is 0.290 e. The summed E-state index contributed by atoms with van der Waals surface area (Å²) in [6, 6.07) is 3.65. The Morgan fingerprint density at radius 3 is 2.89 bits per heavy atom. The van der Waals surface area contributed by atoms with Crippen LogP contribution in [0.4, 0.5) is 5.82 Å². The van der Waals surface area contributed by atoms with Crippen LogP contribution in [0.1, 0.15) is 23.0 Å². The molecule has 3 aromatic rings. The van der Waals surface area contributed by atoms with Gasteiger partial charge in [-0.1, -0.05) is 11.6 Å². The van der Waals surface area contributed by atoms with Gasteiger partial charge in [-0.3, -0.25) is 4.79 Å². The molecule has 4 heterocycles. The molecule has 28 heavy (non-hydrogen) atoms. The Hall–Kier alpha value is -1.91. The fourth-order valence-corrected chi connectivity index (χ4v) is 4.89. The van der Waals surface area contributed by atoms with E-state index in [9.17, 15) is 0 Å². The second-order valence-electron chi connectivity index (χ2n) is 5.97. The number of nitrogens with zero attached hydrogens (tertiary/aromatic N) is 2. The third-order valence-corrected chi connectivity index (χ3v) is 6.20. The number of hydrogen-bond donors (Lipinski definition) is 3. The van der Waals surface area contributed by atoms with E-state index in [0.717, 1.165) is 21.8 Å². The van der Waals surface area contributed by atoms with E-state index in [1.54, 1.807) is 17.6 Å². The minimum absolute atomic E-state index is 0.0812. The van der Waals surface area contributed by atoms with Crippen LogP contribution < -0.4 is 11.1 Å². The lowest BCUT2D eigenvalue weighted by molar-refractivity contribution is -0.122. The maximum absolute atomic E-state index is 8.36. The zero-order valence-electron chi connectivity index (χ0n) is 14.6. The summed E-state index contributed by atoms with van der Waals surface area (Å²) in [4.78, 5) is 18.0. The van der Waals surface area contributed by atoms with E-state index in [1.165, 1.54) is 0 Å². The fraction of sp³-hybridized carbons (Fsp3) is 0.353. The summed E-state index contributed by atoms with van der Waals surface area (Å²) in [5.74, 6) is 1.60. The van der Waals surface area contributed by atoms with Crippen molar-refractivity contribution in [3.8, 4) is 0 Å². The Bertz CT molecular complexity index is 935. The minimum atomic E-state index is -0.250. The number of fused-ring (bicyclic) bond motifs is 1. The van der Waals surface area contributed by atoms with Crippen LogP contribution in [-0.2, 0) is 16.1 Å². The molecule has 0 aromatic carbocycles. The summed E-state index contributed by atoms with van der Waals surface area (Å²) >= 11 is 14.3. The molecule has 0 aliphatic carbocycles. The molecule has 0 bridgehead atoms. The van der Waals surface area contributed by atoms with Crippen molar-refractivity contribution in [1.29, 1.82) is 0 Å². The van der Waals surface area contributed by atoms with Gasteiger partial charge in [0.15, 0.2) is 0 Å². The summed E-state index contributed by atoms with van der Waals surface area (Å²) in [6.45, 7) is 1.46. The third-order valence-electron chi connectivity index (χ3n) is 4.22.